The van der Waals surface area contributed by atoms with E-state index in [0.717, 1.165) is 35.7 Å². The highest BCUT2D eigenvalue weighted by Crippen LogP contribution is 2.21. The molecule has 0 aliphatic heterocycles. The Morgan fingerprint density at radius 3 is 2.33 bits per heavy atom. The largest absolute Gasteiger partial charge is 0.484 e. The van der Waals surface area contributed by atoms with Gasteiger partial charge in [0.05, 0.1) is 10.9 Å². The number of hydrogen-bond acceptors (Lipinski definition) is 4. The van der Waals surface area contributed by atoms with Gasteiger partial charge in [-0.15, -0.1) is 0 Å². The lowest BCUT2D eigenvalue weighted by atomic mass is 9.96. The average Bonchev–Trinajstić information content (AvgIpc) is 2.73. The van der Waals surface area contributed by atoms with E-state index in [2.05, 4.69) is 26.0 Å². The van der Waals surface area contributed by atoms with Crippen molar-refractivity contribution in [3.63, 3.8) is 0 Å². The number of carbonyl (C=O) groups is 1. The van der Waals surface area contributed by atoms with E-state index in [1.165, 1.54) is 18.6 Å². The molecule has 0 unspecified atom stereocenters. The molecule has 0 spiro atoms. The smallest absolute Gasteiger partial charge is 0.258 e. The molecule has 1 fully saturated rings. The van der Waals surface area contributed by atoms with E-state index in [-0.39, 0.29) is 29.5 Å². The Morgan fingerprint density at radius 1 is 1.07 bits per heavy atom. The van der Waals surface area contributed by atoms with Crippen molar-refractivity contribution in [3.05, 3.63) is 58.6 Å². The fraction of sp³-hybridized carbons (Fsp3) is 0.409. The van der Waals surface area contributed by atoms with E-state index >= 15 is 0 Å². The molecule has 0 saturated heterocycles. The number of amides is 1. The third-order valence-corrected chi connectivity index (χ3v) is 7.24. The lowest BCUT2D eigenvalue weighted by Crippen LogP contribution is -2.36. The second-order valence-electron chi connectivity index (χ2n) is 7.56. The molecule has 0 aromatic heterocycles. The van der Waals surface area contributed by atoms with Gasteiger partial charge in [-0.2, -0.15) is 0 Å². The van der Waals surface area contributed by atoms with E-state index in [1.807, 2.05) is 31.2 Å². The number of rotatable bonds is 8. The van der Waals surface area contributed by atoms with Gasteiger partial charge in [-0.05, 0) is 61.7 Å². The number of hydrogen-bond donors (Lipinski definition) is 2. The minimum Gasteiger partial charge on any atom is -0.484 e. The predicted octanol–water partition coefficient (Wildman–Crippen LogP) is 4.32. The third-order valence-electron chi connectivity index (χ3n) is 5.18. The van der Waals surface area contributed by atoms with E-state index in [4.69, 9.17) is 4.74 Å². The Labute approximate surface area is 186 Å². The van der Waals surface area contributed by atoms with E-state index in [9.17, 15) is 13.2 Å². The molecule has 2 aromatic carbocycles. The van der Waals surface area contributed by atoms with E-state index in [0.29, 0.717) is 5.75 Å². The van der Waals surface area contributed by atoms with Crippen LogP contribution in [0.4, 0.5) is 0 Å². The van der Waals surface area contributed by atoms with Crippen molar-refractivity contribution in [3.8, 4) is 5.75 Å². The van der Waals surface area contributed by atoms with Crippen LogP contribution in [0.5, 0.6) is 5.75 Å². The molecule has 1 aliphatic carbocycles. The summed E-state index contributed by atoms with van der Waals surface area (Å²) in [5, 5.41) is 2.88. The van der Waals surface area contributed by atoms with Crippen LogP contribution in [0.15, 0.2) is 57.9 Å². The lowest BCUT2D eigenvalue weighted by molar-refractivity contribution is -0.123. The molecule has 1 amide bonds. The monoisotopic (exact) mass is 494 g/mol. The summed E-state index contributed by atoms with van der Waals surface area (Å²) in [5.74, 6) is 0.194. The summed E-state index contributed by atoms with van der Waals surface area (Å²) in [6.07, 6.45) is 5.05. The molecule has 30 heavy (non-hydrogen) atoms. The number of benzene rings is 2. The molecule has 2 aromatic rings. The summed E-state index contributed by atoms with van der Waals surface area (Å²) in [6, 6.07) is 13.7. The molecule has 0 heterocycles. The van der Waals surface area contributed by atoms with E-state index < -0.39 is 10.0 Å². The molecule has 3 rings (SSSR count). The first kappa shape index (κ1) is 22.8. The highest BCUT2D eigenvalue weighted by atomic mass is 79.9. The van der Waals surface area contributed by atoms with Gasteiger partial charge < -0.3 is 10.1 Å². The van der Waals surface area contributed by atoms with Gasteiger partial charge in [0.25, 0.3) is 5.91 Å². The molecule has 8 heteroatoms. The first-order chi connectivity index (χ1) is 14.3. The zero-order valence-electron chi connectivity index (χ0n) is 16.9. The van der Waals surface area contributed by atoms with Crippen molar-refractivity contribution in [2.75, 3.05) is 6.61 Å². The van der Waals surface area contributed by atoms with Crippen molar-refractivity contribution in [1.82, 2.24) is 10.0 Å². The van der Waals surface area contributed by atoms with Crippen molar-refractivity contribution in [2.45, 2.75) is 56.0 Å². The van der Waals surface area contributed by atoms with Crippen LogP contribution < -0.4 is 14.8 Å². The van der Waals surface area contributed by atoms with E-state index in [1.54, 1.807) is 12.1 Å². The summed E-state index contributed by atoms with van der Waals surface area (Å²) < 4.78 is 34.3. The summed E-state index contributed by atoms with van der Waals surface area (Å²) in [4.78, 5) is 12.4. The van der Waals surface area contributed by atoms with Crippen LogP contribution in [0.1, 0.15) is 50.6 Å². The quantitative estimate of drug-likeness (QED) is 0.572. The van der Waals surface area contributed by atoms with Crippen LogP contribution in [0.25, 0.3) is 0 Å². The number of carbonyl (C=O) groups excluding carboxylic acids is 1. The number of nitrogens with one attached hydrogen (secondary N) is 2. The minimum absolute atomic E-state index is 0.0103. The number of halogens is 1. The van der Waals surface area contributed by atoms with Crippen molar-refractivity contribution in [2.24, 2.45) is 0 Å². The maximum Gasteiger partial charge on any atom is 0.258 e. The second-order valence-corrected chi connectivity index (χ2v) is 10.2. The maximum absolute atomic E-state index is 12.5. The first-order valence-electron chi connectivity index (χ1n) is 10.1. The Kier molecular flexibility index (Phi) is 7.91. The summed E-state index contributed by atoms with van der Waals surface area (Å²) in [6.45, 7) is 1.76. The fourth-order valence-corrected chi connectivity index (χ4v) is 5.06. The molecule has 1 aliphatic rings. The van der Waals surface area contributed by atoms with Gasteiger partial charge in [-0.3, -0.25) is 4.79 Å². The molecule has 0 radical (unpaired) electrons. The highest BCUT2D eigenvalue weighted by Gasteiger charge is 2.21. The topological polar surface area (TPSA) is 84.5 Å². The van der Waals surface area contributed by atoms with Crippen LogP contribution in [0.3, 0.4) is 0 Å². The highest BCUT2D eigenvalue weighted by molar-refractivity contribution is 9.10. The Morgan fingerprint density at radius 2 is 1.70 bits per heavy atom. The van der Waals surface area contributed by atoms with Gasteiger partial charge in [0.1, 0.15) is 5.75 Å². The summed E-state index contributed by atoms with van der Waals surface area (Å²) in [5.41, 5.74) is 0.992. The maximum atomic E-state index is 12.5. The Hall–Kier alpha value is -1.90. The number of sulfonamides is 1. The molecule has 2 N–H and O–H groups in total. The first-order valence-corrected chi connectivity index (χ1v) is 12.4. The van der Waals surface area contributed by atoms with Gasteiger partial charge >= 0.3 is 0 Å². The van der Waals surface area contributed by atoms with Gasteiger partial charge in [0.15, 0.2) is 6.61 Å². The molecule has 6 nitrogen and oxygen atoms in total. The lowest BCUT2D eigenvalue weighted by Gasteiger charge is -2.22. The normalized spacial score (nSPS) is 16.1. The number of ether oxygens (including phenoxy) is 1. The van der Waals surface area contributed by atoms with Crippen LogP contribution >= 0.6 is 15.9 Å². The SMILES string of the molecule is C[C@H](NC(=O)COc1ccc(S(=O)(=O)NC2CCCCC2)cc1)c1ccc(Br)cc1. The standard InChI is InChI=1S/C22H27BrN2O4S/c1-16(17-7-9-18(23)10-8-17)24-22(26)15-29-20-11-13-21(14-12-20)30(27,28)25-19-5-3-2-4-6-19/h7-14,16,19,25H,2-6,15H2,1H3,(H,24,26)/t16-/m0/s1. The summed E-state index contributed by atoms with van der Waals surface area (Å²) >= 11 is 3.39. The van der Waals surface area contributed by atoms with Crippen molar-refractivity contribution in [1.29, 1.82) is 0 Å². The Balaban J connectivity index is 1.50. The molecule has 1 atom stereocenters. The Bertz CT molecular complexity index is 940. The van der Waals surface area contributed by atoms with Crippen LogP contribution in [0, 0.1) is 0 Å². The average molecular weight is 495 g/mol. The zero-order valence-corrected chi connectivity index (χ0v) is 19.3. The zero-order chi connectivity index (χ0) is 21.6. The van der Waals surface area contributed by atoms with Crippen LogP contribution in [0.2, 0.25) is 0 Å². The van der Waals surface area contributed by atoms with Gasteiger partial charge in [0, 0.05) is 10.5 Å². The predicted molar refractivity (Wildman–Crippen MR) is 120 cm³/mol. The van der Waals surface area contributed by atoms with Crippen LogP contribution in [-0.2, 0) is 14.8 Å². The molecule has 162 valence electrons. The minimum atomic E-state index is -3.55. The van der Waals surface area contributed by atoms with Gasteiger partial charge in [-0.1, -0.05) is 47.3 Å². The molecular formula is C22H27BrN2O4S. The fourth-order valence-electron chi connectivity index (χ4n) is 3.49. The third kappa shape index (κ3) is 6.55. The van der Waals surface area contributed by atoms with Crippen LogP contribution in [-0.4, -0.2) is 27.0 Å². The molecular weight excluding hydrogens is 468 g/mol. The van der Waals surface area contributed by atoms with Crippen molar-refractivity contribution < 1.29 is 17.9 Å². The van der Waals surface area contributed by atoms with Crippen molar-refractivity contribution >= 4 is 31.9 Å². The van der Waals surface area contributed by atoms with Gasteiger partial charge in [-0.25, -0.2) is 13.1 Å². The van der Waals surface area contributed by atoms with Gasteiger partial charge in [0.2, 0.25) is 10.0 Å². The second kappa shape index (κ2) is 10.4. The molecule has 0 bridgehead atoms. The summed E-state index contributed by atoms with van der Waals surface area (Å²) in [7, 11) is -3.55. The molecule has 1 saturated carbocycles.